The summed E-state index contributed by atoms with van der Waals surface area (Å²) in [6.45, 7) is 0. The number of hydrogen-bond donors (Lipinski definition) is 1. The molecule has 0 fully saturated rings. The van der Waals surface area contributed by atoms with Gasteiger partial charge in [0.1, 0.15) is 5.69 Å². The maximum Gasteiger partial charge on any atom is 0.170 e. The van der Waals surface area contributed by atoms with Crippen LogP contribution in [-0.2, 0) is 12.4 Å². The quantitative estimate of drug-likeness (QED) is 0.401. The van der Waals surface area contributed by atoms with Gasteiger partial charge in [-0.1, -0.05) is 0 Å². The van der Waals surface area contributed by atoms with E-state index in [0.717, 1.165) is 7.57 Å². The van der Waals surface area contributed by atoms with Gasteiger partial charge in [-0.3, -0.25) is 0 Å². The van der Waals surface area contributed by atoms with Gasteiger partial charge < -0.3 is 5.73 Å². The van der Waals surface area contributed by atoms with E-state index >= 15 is 0 Å². The Balaban J connectivity index is 2.35. The molecule has 2 nitrogen and oxygen atoms in total. The first-order valence-corrected chi connectivity index (χ1v) is 9.67. The fourth-order valence-electron chi connectivity index (χ4n) is 2.15. The average Bonchev–Trinajstić information content (AvgIpc) is 3.11. The summed E-state index contributed by atoms with van der Waals surface area (Å²) < 4.78 is 34.7. The van der Waals surface area contributed by atoms with Crippen molar-refractivity contribution in [2.75, 3.05) is 5.73 Å². The molecule has 0 spiro atoms. The lowest BCUT2D eigenvalue weighted by Crippen LogP contribution is -2.00. The predicted octanol–water partition coefficient (Wildman–Crippen LogP) is 6.89. The zero-order chi connectivity index (χ0) is 16.7. The summed E-state index contributed by atoms with van der Waals surface area (Å²) in [5.74, 6) is -2.00. The van der Waals surface area contributed by atoms with Crippen LogP contribution in [0.3, 0.4) is 0 Å². The Kier molecular flexibility index (Phi) is 4.93. The van der Waals surface area contributed by atoms with E-state index in [4.69, 9.17) is 18.2 Å². The fraction of sp³-hybridized carbons (Fsp3) is 0. The molecular formula is C14H6Br2F2N2S3. The second-order valence-corrected chi connectivity index (χ2v) is 9.55. The minimum Gasteiger partial charge on any atom is -0.396 e. The molecule has 23 heavy (non-hydrogen) atoms. The molecule has 0 amide bonds. The van der Waals surface area contributed by atoms with Crippen LogP contribution >= 0.6 is 54.5 Å². The van der Waals surface area contributed by atoms with Crippen molar-refractivity contribution in [3.8, 4) is 20.9 Å². The minimum atomic E-state index is -1.00. The first-order valence-electron chi connectivity index (χ1n) is 6.09. The van der Waals surface area contributed by atoms with E-state index in [-0.39, 0.29) is 22.5 Å². The van der Waals surface area contributed by atoms with E-state index in [1.165, 1.54) is 22.7 Å². The Morgan fingerprint density at radius 1 is 0.913 bits per heavy atom. The molecule has 9 heteroatoms. The number of benzene rings is 1. The van der Waals surface area contributed by atoms with E-state index in [2.05, 4.69) is 36.2 Å². The average molecular weight is 496 g/mol. The summed E-state index contributed by atoms with van der Waals surface area (Å²) >= 11 is 13.9. The van der Waals surface area contributed by atoms with Crippen molar-refractivity contribution < 1.29 is 8.78 Å². The maximum absolute atomic E-state index is 14.7. The van der Waals surface area contributed by atoms with Crippen molar-refractivity contribution in [3.63, 3.8) is 0 Å². The summed E-state index contributed by atoms with van der Waals surface area (Å²) in [4.78, 5) is 1.01. The molecule has 0 unspecified atom stereocenters. The van der Waals surface area contributed by atoms with Crippen LogP contribution in [0.1, 0.15) is 0 Å². The molecule has 0 atom stereocenters. The molecule has 0 aliphatic carbocycles. The molecular weight excluding hydrogens is 490 g/mol. The summed E-state index contributed by atoms with van der Waals surface area (Å²) in [6, 6.07) is 6.81. The van der Waals surface area contributed by atoms with Crippen molar-refractivity contribution in [1.82, 2.24) is 0 Å². The molecule has 2 aromatic heterocycles. The lowest BCUT2D eigenvalue weighted by molar-refractivity contribution is 0.515. The van der Waals surface area contributed by atoms with Crippen LogP contribution in [0, 0.1) is 11.6 Å². The number of anilines is 1. The number of halogens is 4. The first kappa shape index (κ1) is 17.1. The monoisotopic (exact) mass is 494 g/mol. The van der Waals surface area contributed by atoms with Gasteiger partial charge in [-0.05, 0) is 56.1 Å². The summed E-state index contributed by atoms with van der Waals surface area (Å²) in [5.41, 5.74) is 6.16. The maximum atomic E-state index is 14.7. The first-order chi connectivity index (χ1) is 10.9. The fourth-order valence-corrected chi connectivity index (χ4v) is 5.21. The summed E-state index contributed by atoms with van der Waals surface area (Å²) in [6.07, 6.45) is 0. The molecule has 2 heterocycles. The van der Waals surface area contributed by atoms with Crippen LogP contribution in [-0.4, -0.2) is 0 Å². The highest BCUT2D eigenvalue weighted by atomic mass is 79.9. The van der Waals surface area contributed by atoms with Crippen LogP contribution in [0.25, 0.3) is 20.9 Å². The second-order valence-electron chi connectivity index (χ2n) is 4.44. The lowest BCUT2D eigenvalue weighted by atomic mass is 10.0. The smallest absolute Gasteiger partial charge is 0.170 e. The number of thiophene rings is 2. The molecule has 0 radical (unpaired) electrons. The van der Waals surface area contributed by atoms with E-state index in [0.29, 0.717) is 9.75 Å². The zero-order valence-electron chi connectivity index (χ0n) is 11.1. The van der Waals surface area contributed by atoms with Crippen LogP contribution in [0.2, 0.25) is 0 Å². The highest BCUT2D eigenvalue weighted by Crippen LogP contribution is 2.48. The molecule has 0 aliphatic heterocycles. The van der Waals surface area contributed by atoms with Gasteiger partial charge in [-0.2, -0.15) is 4.36 Å². The molecule has 0 saturated carbocycles. The van der Waals surface area contributed by atoms with Gasteiger partial charge in [0, 0.05) is 22.2 Å². The van der Waals surface area contributed by atoms with Crippen LogP contribution < -0.4 is 5.73 Å². The number of nitrogens with two attached hydrogens (primary N) is 1. The van der Waals surface area contributed by atoms with E-state index in [1.54, 1.807) is 24.3 Å². The molecule has 0 bridgehead atoms. The van der Waals surface area contributed by atoms with Crippen molar-refractivity contribution in [1.29, 1.82) is 0 Å². The molecule has 3 aromatic rings. The molecule has 1 aromatic carbocycles. The van der Waals surface area contributed by atoms with Gasteiger partial charge in [-0.25, -0.2) is 8.78 Å². The highest BCUT2D eigenvalue weighted by Gasteiger charge is 2.26. The summed E-state index contributed by atoms with van der Waals surface area (Å²) in [5, 5.41) is 0. The largest absolute Gasteiger partial charge is 0.396 e. The number of nitrogens with zero attached hydrogens (tertiary/aromatic N) is 1. The molecule has 0 saturated heterocycles. The lowest BCUT2D eigenvalue weighted by Gasteiger charge is -2.13. The van der Waals surface area contributed by atoms with E-state index in [9.17, 15) is 8.78 Å². The number of nitrogen functional groups attached to an aromatic ring is 1. The van der Waals surface area contributed by atoms with Crippen molar-refractivity contribution in [2.45, 2.75) is 0 Å². The number of rotatable bonds is 3. The highest BCUT2D eigenvalue weighted by molar-refractivity contribution is 9.11. The topological polar surface area (TPSA) is 38.4 Å². The SMILES string of the molecule is Nc1c(N=S)c(-c2ccc(Br)s2)c(F)c(F)c1-c1ccc(Br)s1. The third-order valence-corrected chi connectivity index (χ3v) is 6.59. The van der Waals surface area contributed by atoms with E-state index in [1.807, 2.05) is 0 Å². The third-order valence-electron chi connectivity index (χ3n) is 3.12. The summed E-state index contributed by atoms with van der Waals surface area (Å²) in [7, 11) is 0. The Labute approximate surface area is 160 Å². The van der Waals surface area contributed by atoms with Crippen LogP contribution in [0.15, 0.2) is 36.2 Å². The van der Waals surface area contributed by atoms with Crippen LogP contribution in [0.4, 0.5) is 20.2 Å². The van der Waals surface area contributed by atoms with Gasteiger partial charge in [0.25, 0.3) is 0 Å². The van der Waals surface area contributed by atoms with Crippen molar-refractivity contribution >= 4 is 78.3 Å². The van der Waals surface area contributed by atoms with Gasteiger partial charge in [0.05, 0.1) is 24.4 Å². The number of hydrogen-bond acceptors (Lipinski definition) is 5. The Morgan fingerprint density at radius 2 is 1.39 bits per heavy atom. The zero-order valence-corrected chi connectivity index (χ0v) is 16.7. The normalized spacial score (nSPS) is 11.0. The molecule has 2 N–H and O–H groups in total. The standard InChI is InChI=1S/C14H6Br2F2N2S3/c15-7-3-1-5(22-7)9-11(17)12(18)10(14(20-21)13(9)19)6-2-4-8(16)23-6/h1-4H,19H2. The Morgan fingerprint density at radius 3 is 1.83 bits per heavy atom. The Hall–Kier alpha value is -0.740. The predicted molar refractivity (Wildman–Crippen MR) is 102 cm³/mol. The third kappa shape index (κ3) is 3.00. The van der Waals surface area contributed by atoms with Gasteiger partial charge in [0.15, 0.2) is 11.6 Å². The molecule has 118 valence electrons. The van der Waals surface area contributed by atoms with Crippen molar-refractivity contribution in [2.24, 2.45) is 4.36 Å². The van der Waals surface area contributed by atoms with Gasteiger partial charge in [-0.15, -0.1) is 22.7 Å². The molecule has 3 rings (SSSR count). The van der Waals surface area contributed by atoms with E-state index < -0.39 is 11.6 Å². The van der Waals surface area contributed by atoms with Crippen LogP contribution in [0.5, 0.6) is 0 Å². The van der Waals surface area contributed by atoms with Gasteiger partial charge >= 0.3 is 0 Å². The minimum absolute atomic E-state index is 0.00919. The molecule has 0 aliphatic rings. The second kappa shape index (κ2) is 6.64. The Bertz CT molecular complexity index is 921. The van der Waals surface area contributed by atoms with Crippen molar-refractivity contribution in [3.05, 3.63) is 43.5 Å². The van der Waals surface area contributed by atoms with Gasteiger partial charge in [0.2, 0.25) is 0 Å².